The summed E-state index contributed by atoms with van der Waals surface area (Å²) in [5, 5.41) is 46.1. The summed E-state index contributed by atoms with van der Waals surface area (Å²) < 4.78 is 4.41. The van der Waals surface area contributed by atoms with Crippen LogP contribution < -0.4 is 0 Å². The largest absolute Gasteiger partial charge is 0.307 e. The molecule has 0 fully saturated rings. The van der Waals surface area contributed by atoms with E-state index in [2.05, 4.69) is 86.8 Å². The lowest BCUT2D eigenvalue weighted by atomic mass is 9.98. The molecule has 0 aliphatic rings. The predicted molar refractivity (Wildman–Crippen MR) is 292 cm³/mol. The van der Waals surface area contributed by atoms with E-state index in [9.17, 15) is 21.0 Å². The van der Waals surface area contributed by atoms with Gasteiger partial charge in [-0.3, -0.25) is 0 Å². The summed E-state index contributed by atoms with van der Waals surface area (Å²) in [4.78, 5) is 13.8. The molecule has 3 aromatic heterocycles. The van der Waals surface area contributed by atoms with Crippen LogP contribution in [0.15, 0.2) is 188 Å². The van der Waals surface area contributed by atoms with E-state index >= 15 is 0 Å². The third-order valence-electron chi connectivity index (χ3n) is 13.9. The van der Waals surface area contributed by atoms with E-state index in [0.717, 1.165) is 99.5 Å². The Bertz CT molecular complexity index is 4340. The van der Waals surface area contributed by atoms with Gasteiger partial charge in [-0.1, -0.05) is 127 Å². The van der Waals surface area contributed by atoms with Crippen LogP contribution in [0.25, 0.3) is 116 Å². The first kappa shape index (κ1) is 44.3. The van der Waals surface area contributed by atoms with Crippen LogP contribution >= 0.6 is 0 Å². The summed E-state index contributed by atoms with van der Waals surface area (Å²) in [7, 11) is 0. The minimum Gasteiger partial charge on any atom is -0.307 e. The van der Waals surface area contributed by atoms with E-state index in [4.69, 9.17) is 16.5 Å². The van der Waals surface area contributed by atoms with Gasteiger partial charge in [-0.15, -0.1) is 0 Å². The number of aryl methyl sites for hydroxylation is 2. The van der Waals surface area contributed by atoms with E-state index in [0.29, 0.717) is 50.7 Å². The molecule has 0 aliphatic heterocycles. The maximum Gasteiger partial charge on any atom is 0.194 e. The fraction of sp³-hybridized carbons (Fsp3) is 0.0308. The van der Waals surface area contributed by atoms with Gasteiger partial charge in [0, 0.05) is 38.5 Å². The number of benzene rings is 9. The fourth-order valence-corrected chi connectivity index (χ4v) is 10.6. The normalized spacial score (nSPS) is 11.0. The Morgan fingerprint density at radius 3 is 1.12 bits per heavy atom. The molecular weight excluding hydrogens is 907 g/mol. The van der Waals surface area contributed by atoms with Gasteiger partial charge in [0.25, 0.3) is 0 Å². The minimum absolute atomic E-state index is 0.345. The van der Waals surface area contributed by atoms with Crippen LogP contribution in [0.3, 0.4) is 0 Å². The molecule has 9 nitrogen and oxygen atoms in total. The maximum absolute atomic E-state index is 11.3. The average molecular weight is 944 g/mol. The topological polar surface area (TPSA) is 135 Å². The molecule has 9 aromatic carbocycles. The highest BCUT2D eigenvalue weighted by Gasteiger charge is 2.25. The van der Waals surface area contributed by atoms with Gasteiger partial charge < -0.3 is 9.13 Å². The molecule has 0 bridgehead atoms. The number of nitrogens with zero attached hydrogens (tertiary/aromatic N) is 9. The van der Waals surface area contributed by atoms with E-state index in [-0.39, 0.29) is 0 Å². The summed E-state index contributed by atoms with van der Waals surface area (Å²) in [6.07, 6.45) is 0. The van der Waals surface area contributed by atoms with Crippen molar-refractivity contribution in [3.8, 4) is 91.5 Å². The molecule has 12 rings (SSSR count). The molecule has 0 saturated heterocycles. The van der Waals surface area contributed by atoms with Crippen LogP contribution in [-0.2, 0) is 0 Å². The molecular formula is C65H37N9. The van der Waals surface area contributed by atoms with Gasteiger partial charge in [0.1, 0.15) is 0 Å². The Morgan fingerprint density at radius 2 is 0.730 bits per heavy atom. The van der Waals surface area contributed by atoms with Crippen LogP contribution in [0.1, 0.15) is 33.6 Å². The Morgan fingerprint density at radius 1 is 0.378 bits per heavy atom. The molecule has 0 unspecified atom stereocenters. The molecule has 3 heterocycles. The van der Waals surface area contributed by atoms with Crippen molar-refractivity contribution in [2.45, 2.75) is 13.8 Å². The molecule has 0 radical (unpaired) electrons. The molecule has 0 N–H and O–H groups in total. The number of hydrogen-bond acceptors (Lipinski definition) is 6. The van der Waals surface area contributed by atoms with E-state index < -0.39 is 0 Å². The van der Waals surface area contributed by atoms with Gasteiger partial charge in [0.2, 0.25) is 0 Å². The van der Waals surface area contributed by atoms with E-state index in [1.807, 2.05) is 153 Å². The summed E-state index contributed by atoms with van der Waals surface area (Å²) in [6.45, 7) is 11.9. The van der Waals surface area contributed by atoms with Crippen molar-refractivity contribution in [1.29, 1.82) is 21.0 Å². The third-order valence-corrected chi connectivity index (χ3v) is 13.9. The quantitative estimate of drug-likeness (QED) is 0.146. The van der Waals surface area contributed by atoms with Gasteiger partial charge in [-0.05, 0) is 119 Å². The first-order valence-electron chi connectivity index (χ1n) is 23.8. The Balaban J connectivity index is 1.28. The standard InChI is InChI=1S/C65H37N9/c1-39-28-40(2)72-65(71-39)57-34-64(74-60-30-42(50-16-8-5-13-46(50)36-67)21-25-54(60)55-26-22-43(31-61(55)74)51-17-9-6-14-47(51)37-68)63(33-48(57)38-69)73-59-29-41(49-15-7-4-12-45(49)35-66)20-24-53(59)56-27-23-44(32-62(56)73)52-18-10-11-19-58(52)70-3/h4-34H,1-2H3. The molecule has 342 valence electrons. The van der Waals surface area contributed by atoms with Crippen molar-refractivity contribution in [2.75, 3.05) is 0 Å². The van der Waals surface area contributed by atoms with Crippen LogP contribution in [0.4, 0.5) is 5.69 Å². The highest BCUT2D eigenvalue weighted by Crippen LogP contribution is 2.45. The van der Waals surface area contributed by atoms with Crippen LogP contribution in [0, 0.1) is 65.7 Å². The van der Waals surface area contributed by atoms with Gasteiger partial charge in [-0.2, -0.15) is 21.0 Å². The highest BCUT2D eigenvalue weighted by atomic mass is 15.1. The number of para-hydroxylation sites is 1. The zero-order valence-electron chi connectivity index (χ0n) is 39.9. The monoisotopic (exact) mass is 943 g/mol. The van der Waals surface area contributed by atoms with Gasteiger partial charge in [0.05, 0.1) is 86.5 Å². The molecule has 0 saturated carbocycles. The van der Waals surface area contributed by atoms with Crippen LogP contribution in [0.2, 0.25) is 0 Å². The minimum atomic E-state index is 0.345. The zero-order valence-corrected chi connectivity index (χ0v) is 39.9. The predicted octanol–water partition coefficient (Wildman–Crippen LogP) is 15.7. The van der Waals surface area contributed by atoms with Crippen molar-refractivity contribution in [3.63, 3.8) is 0 Å². The third kappa shape index (κ3) is 7.20. The first-order chi connectivity index (χ1) is 36.3. The summed E-state index contributed by atoms with van der Waals surface area (Å²) in [6, 6.07) is 70.8. The second-order valence-corrected chi connectivity index (χ2v) is 18.2. The van der Waals surface area contributed by atoms with Crippen LogP contribution in [0.5, 0.6) is 0 Å². The molecule has 0 spiro atoms. The molecule has 9 heteroatoms. The number of fused-ring (bicyclic) bond motifs is 6. The van der Waals surface area contributed by atoms with Crippen molar-refractivity contribution >= 4 is 49.3 Å². The lowest BCUT2D eigenvalue weighted by Crippen LogP contribution is -2.07. The van der Waals surface area contributed by atoms with Gasteiger partial charge >= 0.3 is 0 Å². The second-order valence-electron chi connectivity index (χ2n) is 18.2. The first-order valence-corrected chi connectivity index (χ1v) is 23.8. The SMILES string of the molecule is [C-]#[N+]c1ccccc1-c1ccc2c3ccc(-c4ccccc4C#N)cc3n(-c3cc(C#N)c(-c4nc(C)cc(C)n4)cc3-n3c4cc(-c5ccccc5C#N)ccc4c4ccc(-c5ccccc5C#N)cc43)c2c1. The fourth-order valence-electron chi connectivity index (χ4n) is 10.6. The zero-order chi connectivity index (χ0) is 50.6. The summed E-state index contributed by atoms with van der Waals surface area (Å²) in [5.74, 6) is 0.399. The second kappa shape index (κ2) is 17.8. The lowest BCUT2D eigenvalue weighted by Gasteiger charge is -2.20. The summed E-state index contributed by atoms with van der Waals surface area (Å²) >= 11 is 0. The molecule has 0 aliphatic carbocycles. The Kier molecular flexibility index (Phi) is 10.7. The lowest BCUT2D eigenvalue weighted by molar-refractivity contribution is 1.05. The van der Waals surface area contributed by atoms with Crippen molar-refractivity contribution < 1.29 is 0 Å². The molecule has 0 atom stereocenters. The van der Waals surface area contributed by atoms with E-state index in [1.165, 1.54) is 0 Å². The number of hydrogen-bond donors (Lipinski definition) is 0. The molecule has 12 aromatic rings. The van der Waals surface area contributed by atoms with Crippen molar-refractivity contribution in [3.05, 3.63) is 233 Å². The van der Waals surface area contributed by atoms with Crippen molar-refractivity contribution in [1.82, 2.24) is 19.1 Å². The highest BCUT2D eigenvalue weighted by molar-refractivity contribution is 6.14. The van der Waals surface area contributed by atoms with Gasteiger partial charge in [-0.25, -0.2) is 14.8 Å². The van der Waals surface area contributed by atoms with E-state index in [1.54, 1.807) is 0 Å². The smallest absolute Gasteiger partial charge is 0.194 e. The average Bonchev–Trinajstić information content (AvgIpc) is 3.96. The number of rotatable bonds is 7. The van der Waals surface area contributed by atoms with Crippen molar-refractivity contribution in [2.24, 2.45) is 0 Å². The number of nitriles is 4. The van der Waals surface area contributed by atoms with Gasteiger partial charge in [0.15, 0.2) is 11.5 Å². The molecule has 74 heavy (non-hydrogen) atoms. The summed E-state index contributed by atoms with van der Waals surface area (Å²) in [5.41, 5.74) is 15.6. The van der Waals surface area contributed by atoms with Crippen LogP contribution in [-0.4, -0.2) is 19.1 Å². The Labute approximate surface area is 426 Å². The molecule has 0 amide bonds. The maximum atomic E-state index is 11.3. The number of aromatic nitrogens is 4. The Hall–Kier alpha value is -10.9.